The first-order valence-corrected chi connectivity index (χ1v) is 6.15. The summed E-state index contributed by atoms with van der Waals surface area (Å²) in [6.45, 7) is 3.20. The van der Waals surface area contributed by atoms with Gasteiger partial charge < -0.3 is 20.4 Å². The molecule has 0 radical (unpaired) electrons. The first-order valence-electron chi connectivity index (χ1n) is 6.15. The van der Waals surface area contributed by atoms with E-state index in [1.165, 1.54) is 0 Å². The standard InChI is InChI=1S/C8H12O4.C5H7NO2/c9-6(10)8(7(11)12)4-2-1-3-5-8;1-2-5(7)8-4-3-6/h1-5H2,(H,9,10)(H,11,12);2-3,6H,1,4H2. The summed E-state index contributed by atoms with van der Waals surface area (Å²) < 4.78 is 4.34. The zero-order valence-corrected chi connectivity index (χ0v) is 11.1. The zero-order chi connectivity index (χ0) is 15.6. The van der Waals surface area contributed by atoms with Crippen molar-refractivity contribution in [1.82, 2.24) is 0 Å². The van der Waals surface area contributed by atoms with E-state index in [0.717, 1.165) is 18.7 Å². The van der Waals surface area contributed by atoms with E-state index in [1.54, 1.807) is 0 Å². The highest BCUT2D eigenvalue weighted by atomic mass is 16.5. The summed E-state index contributed by atoms with van der Waals surface area (Å²) in [4.78, 5) is 31.6. The van der Waals surface area contributed by atoms with Gasteiger partial charge in [-0.15, -0.1) is 0 Å². The van der Waals surface area contributed by atoms with Gasteiger partial charge in [0.05, 0.1) is 0 Å². The van der Waals surface area contributed by atoms with Crippen LogP contribution < -0.4 is 0 Å². The minimum atomic E-state index is -1.49. The summed E-state index contributed by atoms with van der Waals surface area (Å²) >= 11 is 0. The number of ether oxygens (including phenoxy) is 1. The second-order valence-electron chi connectivity index (χ2n) is 4.29. The number of carbonyl (C=O) groups is 3. The Morgan fingerprint density at radius 1 is 1.15 bits per heavy atom. The van der Waals surface area contributed by atoms with E-state index in [1.807, 2.05) is 0 Å². The van der Waals surface area contributed by atoms with Gasteiger partial charge in [-0.25, -0.2) is 4.79 Å². The molecule has 7 nitrogen and oxygen atoms in total. The molecule has 3 N–H and O–H groups in total. The number of carbonyl (C=O) groups excluding carboxylic acids is 1. The van der Waals surface area contributed by atoms with E-state index < -0.39 is 23.3 Å². The lowest BCUT2D eigenvalue weighted by Gasteiger charge is -2.28. The van der Waals surface area contributed by atoms with Crippen LogP contribution in [-0.2, 0) is 19.1 Å². The number of hydrogen-bond acceptors (Lipinski definition) is 5. The van der Waals surface area contributed by atoms with Crippen LogP contribution >= 0.6 is 0 Å². The smallest absolute Gasteiger partial charge is 0.330 e. The van der Waals surface area contributed by atoms with Gasteiger partial charge >= 0.3 is 17.9 Å². The minimum absolute atomic E-state index is 0.0326. The van der Waals surface area contributed by atoms with Crippen molar-refractivity contribution in [2.45, 2.75) is 32.1 Å². The fourth-order valence-corrected chi connectivity index (χ4v) is 1.86. The number of aliphatic carboxylic acids is 2. The van der Waals surface area contributed by atoms with Gasteiger partial charge in [0, 0.05) is 12.3 Å². The van der Waals surface area contributed by atoms with Gasteiger partial charge in [0.2, 0.25) is 0 Å². The summed E-state index contributed by atoms with van der Waals surface area (Å²) in [6.07, 6.45) is 4.97. The third-order valence-corrected chi connectivity index (χ3v) is 3.00. The third kappa shape index (κ3) is 5.21. The Morgan fingerprint density at radius 3 is 1.95 bits per heavy atom. The second kappa shape index (κ2) is 8.84. The molecule has 0 aliphatic heterocycles. The Balaban J connectivity index is 0.000000396. The predicted octanol–water partition coefficient (Wildman–Crippen LogP) is 1.47. The van der Waals surface area contributed by atoms with Gasteiger partial charge in [0.1, 0.15) is 6.61 Å². The number of rotatable bonds is 5. The number of hydrogen-bond donors (Lipinski definition) is 3. The van der Waals surface area contributed by atoms with Crippen molar-refractivity contribution in [3.63, 3.8) is 0 Å². The van der Waals surface area contributed by atoms with Crippen LogP contribution in [0.25, 0.3) is 0 Å². The summed E-state index contributed by atoms with van der Waals surface area (Å²) in [5, 5.41) is 24.0. The van der Waals surface area contributed by atoms with E-state index in [9.17, 15) is 14.4 Å². The molecule has 0 aromatic carbocycles. The number of esters is 1. The van der Waals surface area contributed by atoms with Crippen molar-refractivity contribution < 1.29 is 29.3 Å². The molecule has 0 heterocycles. The molecule has 1 aliphatic rings. The molecule has 1 rings (SSSR count). The van der Waals surface area contributed by atoms with Crippen LogP contribution in [-0.4, -0.2) is 40.9 Å². The first-order chi connectivity index (χ1) is 9.40. The average molecular weight is 285 g/mol. The van der Waals surface area contributed by atoms with E-state index in [4.69, 9.17) is 15.6 Å². The highest BCUT2D eigenvalue weighted by molar-refractivity contribution is 5.98. The Hall–Kier alpha value is -2.18. The molecular formula is C13H19NO6. The first kappa shape index (κ1) is 17.8. The maximum Gasteiger partial charge on any atom is 0.330 e. The van der Waals surface area contributed by atoms with E-state index in [-0.39, 0.29) is 19.4 Å². The van der Waals surface area contributed by atoms with Crippen molar-refractivity contribution in [1.29, 1.82) is 5.41 Å². The van der Waals surface area contributed by atoms with Crippen molar-refractivity contribution in [2.24, 2.45) is 5.41 Å². The van der Waals surface area contributed by atoms with Crippen molar-refractivity contribution >= 4 is 24.1 Å². The third-order valence-electron chi connectivity index (χ3n) is 3.00. The van der Waals surface area contributed by atoms with Gasteiger partial charge in [-0.3, -0.25) is 9.59 Å². The lowest BCUT2D eigenvalue weighted by atomic mass is 9.74. The summed E-state index contributed by atoms with van der Waals surface area (Å²) in [5.41, 5.74) is -1.49. The molecule has 0 atom stereocenters. The highest BCUT2D eigenvalue weighted by Crippen LogP contribution is 2.36. The monoisotopic (exact) mass is 285 g/mol. The van der Waals surface area contributed by atoms with Crippen molar-refractivity contribution in [3.05, 3.63) is 12.7 Å². The molecule has 0 spiro atoms. The molecule has 1 saturated carbocycles. The SMILES string of the molecule is C=CC(=O)OCC=N.O=C(O)C1(C(=O)O)CCCCC1. The molecular weight excluding hydrogens is 266 g/mol. The molecule has 0 unspecified atom stereocenters. The Bertz CT molecular complexity index is 368. The molecule has 0 aromatic rings. The molecule has 1 fully saturated rings. The Labute approximate surface area is 116 Å². The molecule has 112 valence electrons. The fraction of sp³-hybridized carbons (Fsp3) is 0.538. The van der Waals surface area contributed by atoms with E-state index >= 15 is 0 Å². The Morgan fingerprint density at radius 2 is 1.65 bits per heavy atom. The molecule has 0 aromatic heterocycles. The summed E-state index contributed by atoms with van der Waals surface area (Å²) in [6, 6.07) is 0. The normalized spacial score (nSPS) is 16.0. The number of carboxylic acid groups (broad SMARTS) is 2. The molecule has 7 heteroatoms. The van der Waals surface area contributed by atoms with E-state index in [2.05, 4.69) is 11.3 Å². The van der Waals surface area contributed by atoms with Crippen molar-refractivity contribution in [3.8, 4) is 0 Å². The average Bonchev–Trinajstić information content (AvgIpc) is 2.45. The highest BCUT2D eigenvalue weighted by Gasteiger charge is 2.46. The zero-order valence-electron chi connectivity index (χ0n) is 11.1. The molecule has 0 amide bonds. The molecule has 0 saturated heterocycles. The maximum atomic E-state index is 10.7. The summed E-state index contributed by atoms with van der Waals surface area (Å²) in [7, 11) is 0. The molecule has 1 aliphatic carbocycles. The molecule has 0 bridgehead atoms. The van der Waals surface area contributed by atoms with Gasteiger partial charge in [-0.05, 0) is 12.8 Å². The van der Waals surface area contributed by atoms with Crippen LogP contribution in [0.2, 0.25) is 0 Å². The number of carboxylic acids is 2. The maximum absolute atomic E-state index is 10.7. The van der Waals surface area contributed by atoms with Crippen LogP contribution in [0.15, 0.2) is 12.7 Å². The van der Waals surface area contributed by atoms with Crippen LogP contribution in [0.5, 0.6) is 0 Å². The predicted molar refractivity (Wildman–Crippen MR) is 70.7 cm³/mol. The topological polar surface area (TPSA) is 125 Å². The number of nitrogens with one attached hydrogen (secondary N) is 1. The van der Waals surface area contributed by atoms with Gasteiger partial charge in [-0.1, -0.05) is 25.8 Å². The van der Waals surface area contributed by atoms with Crippen LogP contribution in [0.1, 0.15) is 32.1 Å². The van der Waals surface area contributed by atoms with Crippen LogP contribution in [0.3, 0.4) is 0 Å². The fourth-order valence-electron chi connectivity index (χ4n) is 1.86. The van der Waals surface area contributed by atoms with E-state index in [0.29, 0.717) is 12.8 Å². The van der Waals surface area contributed by atoms with Gasteiger partial charge in [0.25, 0.3) is 0 Å². The van der Waals surface area contributed by atoms with Crippen LogP contribution in [0, 0.1) is 10.8 Å². The second-order valence-corrected chi connectivity index (χ2v) is 4.29. The quantitative estimate of drug-likeness (QED) is 0.304. The minimum Gasteiger partial charge on any atom is -0.480 e. The molecule has 20 heavy (non-hydrogen) atoms. The lowest BCUT2D eigenvalue weighted by Crippen LogP contribution is -2.40. The Kier molecular flexibility index (Phi) is 7.88. The lowest BCUT2D eigenvalue weighted by molar-refractivity contribution is -0.167. The van der Waals surface area contributed by atoms with Crippen molar-refractivity contribution in [2.75, 3.05) is 6.61 Å². The van der Waals surface area contributed by atoms with Gasteiger partial charge in [-0.2, -0.15) is 0 Å². The van der Waals surface area contributed by atoms with Gasteiger partial charge in [0.15, 0.2) is 5.41 Å². The van der Waals surface area contributed by atoms with Crippen LogP contribution in [0.4, 0.5) is 0 Å². The summed E-state index contributed by atoms with van der Waals surface area (Å²) in [5.74, 6) is -2.86. The largest absolute Gasteiger partial charge is 0.480 e.